The lowest BCUT2D eigenvalue weighted by atomic mass is 9.88. The molecule has 152 valence electrons. The maximum atomic E-state index is 14.3. The zero-order valence-corrected chi connectivity index (χ0v) is 17.1. The fourth-order valence-corrected chi connectivity index (χ4v) is 3.63. The molecule has 2 aromatic rings. The molecule has 28 heavy (non-hydrogen) atoms. The van der Waals surface area contributed by atoms with Crippen LogP contribution in [0, 0.1) is 24.5 Å². The predicted molar refractivity (Wildman–Crippen MR) is 115 cm³/mol. The number of rotatable bonds is 5. The average molecular weight is 388 g/mol. The van der Waals surface area contributed by atoms with Gasteiger partial charge in [0.05, 0.1) is 5.69 Å². The molecule has 2 aromatic carbocycles. The number of aryl methyl sites for hydroxylation is 1. The minimum Gasteiger partial charge on any atom is -0.353 e. The fourth-order valence-electron chi connectivity index (χ4n) is 3.63. The van der Waals surface area contributed by atoms with Crippen LogP contribution in [0.2, 0.25) is 0 Å². The molecule has 0 aliphatic carbocycles. The van der Waals surface area contributed by atoms with Gasteiger partial charge in [0.15, 0.2) is 0 Å². The second kappa shape index (κ2) is 10.3. The highest BCUT2D eigenvalue weighted by molar-refractivity contribution is 5.74. The maximum absolute atomic E-state index is 14.3. The summed E-state index contributed by atoms with van der Waals surface area (Å²) < 4.78 is 28.4. The summed E-state index contributed by atoms with van der Waals surface area (Å²) in [6.07, 6.45) is 4.77. The monoisotopic (exact) mass is 387 g/mol. The molecule has 0 aromatic heterocycles. The van der Waals surface area contributed by atoms with Gasteiger partial charge in [-0.05, 0) is 94.7 Å². The summed E-state index contributed by atoms with van der Waals surface area (Å²) in [6.45, 7) is 7.88. The number of piperidine rings is 1. The van der Waals surface area contributed by atoms with Crippen molar-refractivity contribution in [2.45, 2.75) is 26.2 Å². The van der Waals surface area contributed by atoms with E-state index in [0.717, 1.165) is 49.0 Å². The molecule has 0 radical (unpaired) electrons. The lowest BCUT2D eigenvalue weighted by Gasteiger charge is -2.29. The van der Waals surface area contributed by atoms with Crippen LogP contribution in [0.3, 0.4) is 0 Å². The molecule has 0 atom stereocenters. The SMILES string of the molecule is C=Cc1c(CC2CCN(C)CC2)cc(F)cc1Nc1ccc(C)cc1F.CN. The Morgan fingerprint density at radius 2 is 1.82 bits per heavy atom. The van der Waals surface area contributed by atoms with Gasteiger partial charge in [-0.1, -0.05) is 18.7 Å². The van der Waals surface area contributed by atoms with Crippen LogP contribution < -0.4 is 11.1 Å². The number of anilines is 2. The Morgan fingerprint density at radius 1 is 1.14 bits per heavy atom. The largest absolute Gasteiger partial charge is 0.353 e. The van der Waals surface area contributed by atoms with Gasteiger partial charge in [0.1, 0.15) is 11.6 Å². The fraction of sp³-hybridized carbons (Fsp3) is 0.391. The molecule has 0 saturated carbocycles. The van der Waals surface area contributed by atoms with Gasteiger partial charge < -0.3 is 16.0 Å². The van der Waals surface area contributed by atoms with Crippen molar-refractivity contribution >= 4 is 17.5 Å². The number of hydrogen-bond donors (Lipinski definition) is 2. The second-order valence-electron chi connectivity index (χ2n) is 7.29. The van der Waals surface area contributed by atoms with Crippen molar-refractivity contribution in [1.29, 1.82) is 0 Å². The van der Waals surface area contributed by atoms with E-state index < -0.39 is 0 Å². The number of nitrogens with two attached hydrogens (primary N) is 1. The molecule has 0 bridgehead atoms. The van der Waals surface area contributed by atoms with Crippen LogP contribution >= 0.6 is 0 Å². The molecule has 0 amide bonds. The summed E-state index contributed by atoms with van der Waals surface area (Å²) in [5.74, 6) is -0.120. The van der Waals surface area contributed by atoms with Gasteiger partial charge in [0.2, 0.25) is 0 Å². The van der Waals surface area contributed by atoms with Crippen LogP contribution in [0.25, 0.3) is 6.08 Å². The van der Waals surface area contributed by atoms with Gasteiger partial charge in [-0.15, -0.1) is 0 Å². The van der Waals surface area contributed by atoms with Crippen LogP contribution in [-0.2, 0) is 6.42 Å². The summed E-state index contributed by atoms with van der Waals surface area (Å²) in [5.41, 5.74) is 8.04. The third-order valence-corrected chi connectivity index (χ3v) is 5.18. The molecular weight excluding hydrogens is 356 g/mol. The van der Waals surface area contributed by atoms with E-state index in [9.17, 15) is 8.78 Å². The smallest absolute Gasteiger partial charge is 0.146 e. The Labute approximate surface area is 167 Å². The normalized spacial score (nSPS) is 14.9. The second-order valence-corrected chi connectivity index (χ2v) is 7.29. The molecule has 3 nitrogen and oxygen atoms in total. The first kappa shape index (κ1) is 22.1. The van der Waals surface area contributed by atoms with Crippen molar-refractivity contribution in [3.05, 3.63) is 65.2 Å². The highest BCUT2D eigenvalue weighted by atomic mass is 19.1. The Morgan fingerprint density at radius 3 is 2.43 bits per heavy atom. The van der Waals surface area contributed by atoms with Crippen LogP contribution in [0.1, 0.15) is 29.5 Å². The molecule has 3 N–H and O–H groups in total. The molecule has 1 fully saturated rings. The first-order valence-corrected chi connectivity index (χ1v) is 9.70. The summed E-state index contributed by atoms with van der Waals surface area (Å²) in [7, 11) is 3.63. The van der Waals surface area contributed by atoms with Crippen LogP contribution in [0.15, 0.2) is 36.9 Å². The number of benzene rings is 2. The van der Waals surface area contributed by atoms with E-state index in [-0.39, 0.29) is 11.6 Å². The minimum atomic E-state index is -0.346. The molecule has 1 aliphatic heterocycles. The quantitative estimate of drug-likeness (QED) is 0.748. The number of nitrogens with zero attached hydrogens (tertiary/aromatic N) is 1. The number of likely N-dealkylation sites (tertiary alicyclic amines) is 1. The van der Waals surface area contributed by atoms with Gasteiger partial charge >= 0.3 is 0 Å². The van der Waals surface area contributed by atoms with Crippen molar-refractivity contribution in [2.24, 2.45) is 11.7 Å². The Kier molecular flexibility index (Phi) is 8.15. The number of nitrogens with one attached hydrogen (secondary N) is 1. The third kappa shape index (κ3) is 5.63. The topological polar surface area (TPSA) is 41.3 Å². The molecular formula is C23H31F2N3. The van der Waals surface area contributed by atoms with Gasteiger partial charge in [-0.3, -0.25) is 0 Å². The van der Waals surface area contributed by atoms with E-state index in [1.165, 1.54) is 19.2 Å². The van der Waals surface area contributed by atoms with Crippen molar-refractivity contribution < 1.29 is 8.78 Å². The Hall–Kier alpha value is -2.24. The maximum Gasteiger partial charge on any atom is 0.146 e. The van der Waals surface area contributed by atoms with Crippen LogP contribution in [0.5, 0.6) is 0 Å². The predicted octanol–water partition coefficient (Wildman–Crippen LogP) is 5.12. The van der Waals surface area contributed by atoms with E-state index in [0.29, 0.717) is 17.3 Å². The lowest BCUT2D eigenvalue weighted by molar-refractivity contribution is 0.219. The van der Waals surface area contributed by atoms with Gasteiger partial charge in [-0.25, -0.2) is 8.78 Å². The molecule has 5 heteroatoms. The summed E-state index contributed by atoms with van der Waals surface area (Å²) in [6, 6.07) is 7.98. The Balaban J connectivity index is 0.00000136. The summed E-state index contributed by atoms with van der Waals surface area (Å²) in [5, 5.41) is 3.05. The summed E-state index contributed by atoms with van der Waals surface area (Å²) in [4.78, 5) is 2.32. The average Bonchev–Trinajstić information content (AvgIpc) is 2.67. The van der Waals surface area contributed by atoms with Gasteiger partial charge in [-0.2, -0.15) is 0 Å². The zero-order valence-electron chi connectivity index (χ0n) is 17.1. The number of hydrogen-bond acceptors (Lipinski definition) is 3. The van der Waals surface area contributed by atoms with E-state index in [1.54, 1.807) is 18.2 Å². The van der Waals surface area contributed by atoms with E-state index in [1.807, 2.05) is 13.0 Å². The van der Waals surface area contributed by atoms with Crippen molar-refractivity contribution in [2.75, 3.05) is 32.5 Å². The van der Waals surface area contributed by atoms with Crippen molar-refractivity contribution in [1.82, 2.24) is 4.90 Å². The first-order valence-electron chi connectivity index (χ1n) is 9.70. The van der Waals surface area contributed by atoms with Gasteiger partial charge in [0.25, 0.3) is 0 Å². The first-order chi connectivity index (χ1) is 13.5. The minimum absolute atomic E-state index is 0.312. The highest BCUT2D eigenvalue weighted by Crippen LogP contribution is 2.31. The molecule has 1 saturated heterocycles. The summed E-state index contributed by atoms with van der Waals surface area (Å²) >= 11 is 0. The lowest BCUT2D eigenvalue weighted by Crippen LogP contribution is -2.31. The Bertz CT molecular complexity index is 797. The van der Waals surface area contributed by atoms with Crippen LogP contribution in [-0.4, -0.2) is 32.1 Å². The van der Waals surface area contributed by atoms with Crippen molar-refractivity contribution in [3.8, 4) is 0 Å². The van der Waals surface area contributed by atoms with Crippen molar-refractivity contribution in [3.63, 3.8) is 0 Å². The van der Waals surface area contributed by atoms with Crippen LogP contribution in [0.4, 0.5) is 20.2 Å². The van der Waals surface area contributed by atoms with E-state index in [4.69, 9.17) is 0 Å². The van der Waals surface area contributed by atoms with E-state index >= 15 is 0 Å². The standard InChI is InChI=1S/C22H26F2N2.CH5N/c1-4-19-17(12-16-7-9-26(3)10-8-16)13-18(23)14-22(19)25-21-6-5-15(2)11-20(21)24;1-2/h4-6,11,13-14,16,25H,1,7-10,12H2,2-3H3;2H2,1H3. The molecule has 0 spiro atoms. The molecule has 1 heterocycles. The molecule has 1 aliphatic rings. The third-order valence-electron chi connectivity index (χ3n) is 5.18. The molecule has 0 unspecified atom stereocenters. The van der Waals surface area contributed by atoms with Gasteiger partial charge in [0, 0.05) is 11.3 Å². The van der Waals surface area contributed by atoms with E-state index in [2.05, 4.69) is 29.6 Å². The zero-order chi connectivity index (χ0) is 20.7. The number of halogens is 2. The highest BCUT2D eigenvalue weighted by Gasteiger charge is 2.19. The molecule has 3 rings (SSSR count).